The maximum Gasteiger partial charge on any atom is 0.306 e. The molecule has 0 aliphatic carbocycles. The van der Waals surface area contributed by atoms with Gasteiger partial charge in [0.05, 0.1) is 33.8 Å². The largest absolute Gasteiger partial charge is 0.756 e. The van der Waals surface area contributed by atoms with Gasteiger partial charge in [0.25, 0.3) is 7.82 Å². The number of amides is 1. The number of nitrogens with zero attached hydrogens (tertiary/aromatic N) is 1. The number of likely N-dealkylation sites (N-methyl/N-ethyl adjacent to an activating group) is 1. The molecule has 0 saturated carbocycles. The fourth-order valence-electron chi connectivity index (χ4n) is 9.44. The number of nitrogens with one attached hydrogen (secondary N) is 1. The minimum atomic E-state index is -4.70. The Morgan fingerprint density at radius 1 is 0.443 bits per heavy atom. The fourth-order valence-corrected chi connectivity index (χ4v) is 10.2. The smallest absolute Gasteiger partial charge is 0.306 e. The van der Waals surface area contributed by atoms with Gasteiger partial charge in [-0.3, -0.25) is 14.2 Å². The van der Waals surface area contributed by atoms with Crippen molar-refractivity contribution in [3.63, 3.8) is 0 Å². The lowest BCUT2D eigenvalue weighted by Crippen LogP contribution is -2.47. The molecule has 9 nitrogen and oxygen atoms in total. The molecule has 3 atom stereocenters. The fraction of sp³-hybridized carbons (Fsp3) is 0.797. The first-order valence-corrected chi connectivity index (χ1v) is 34.7. The van der Waals surface area contributed by atoms with Gasteiger partial charge in [0.2, 0.25) is 5.91 Å². The summed E-state index contributed by atoms with van der Waals surface area (Å²) in [5, 5.41) is 3.03. The third kappa shape index (κ3) is 59.9. The van der Waals surface area contributed by atoms with Crippen molar-refractivity contribution in [1.82, 2.24) is 5.32 Å². The van der Waals surface area contributed by atoms with Gasteiger partial charge in [0, 0.05) is 12.8 Å². The van der Waals surface area contributed by atoms with Crippen molar-refractivity contribution in [2.45, 2.75) is 315 Å². The third-order valence-corrected chi connectivity index (χ3v) is 15.6. The second-order valence-corrected chi connectivity index (χ2v) is 25.0. The molecule has 0 aromatic rings. The molecule has 0 bridgehead atoms. The number of carbonyl (C=O) groups is 2. The van der Waals surface area contributed by atoms with E-state index in [1.165, 1.54) is 173 Å². The number of quaternary nitrogens is 1. The van der Waals surface area contributed by atoms with E-state index < -0.39 is 26.6 Å². The van der Waals surface area contributed by atoms with Crippen molar-refractivity contribution in [3.8, 4) is 0 Å². The molecule has 0 aliphatic rings. The SMILES string of the molecule is CCCCC/C=C\C/C=C\C/C=C\C/C=C\CCCCCCCCCCCCCC(=O)NC(COP(=O)([O-])OCC[N+](C)(C)C)C(/C=C\CCCCCCCCCCCC)OC(=O)CCCCC/C=C\CCCCCCCCC. The normalized spacial score (nSPS) is 14.1. The number of ether oxygens (including phenoxy) is 1. The van der Waals surface area contributed by atoms with Crippen molar-refractivity contribution >= 4 is 19.7 Å². The number of unbranched alkanes of at least 4 members (excludes halogenated alkanes) is 34. The number of hydrogen-bond donors (Lipinski definition) is 1. The molecule has 0 aliphatic heterocycles. The van der Waals surface area contributed by atoms with Gasteiger partial charge in [-0.15, -0.1) is 0 Å². The summed E-state index contributed by atoms with van der Waals surface area (Å²) < 4.78 is 30.3. The lowest BCUT2D eigenvalue weighted by atomic mass is 10.0. The minimum absolute atomic E-state index is 0.0265. The van der Waals surface area contributed by atoms with Gasteiger partial charge in [0.1, 0.15) is 19.3 Å². The van der Waals surface area contributed by atoms with E-state index in [-0.39, 0.29) is 24.9 Å². The quantitative estimate of drug-likeness (QED) is 0.0212. The van der Waals surface area contributed by atoms with Crippen LogP contribution >= 0.6 is 7.82 Å². The summed E-state index contributed by atoms with van der Waals surface area (Å²) in [6.45, 7) is 6.81. The van der Waals surface area contributed by atoms with E-state index in [4.69, 9.17) is 13.8 Å². The Balaban J connectivity index is 5.08. The van der Waals surface area contributed by atoms with Crippen LogP contribution in [0.4, 0.5) is 0 Å². The molecule has 10 heteroatoms. The van der Waals surface area contributed by atoms with E-state index in [2.05, 4.69) is 86.8 Å². The van der Waals surface area contributed by atoms with Crippen LogP contribution in [-0.2, 0) is 27.9 Å². The van der Waals surface area contributed by atoms with Gasteiger partial charge in [0.15, 0.2) is 0 Å². The maximum atomic E-state index is 13.6. The van der Waals surface area contributed by atoms with E-state index in [1.807, 2.05) is 33.3 Å². The predicted molar refractivity (Wildman–Crippen MR) is 339 cm³/mol. The molecule has 0 radical (unpaired) electrons. The van der Waals surface area contributed by atoms with Crippen LogP contribution in [0.3, 0.4) is 0 Å². The van der Waals surface area contributed by atoms with Gasteiger partial charge in [-0.2, -0.15) is 0 Å². The summed E-state index contributed by atoms with van der Waals surface area (Å²) in [5.41, 5.74) is 0. The molecule has 1 amide bonds. The third-order valence-electron chi connectivity index (χ3n) is 14.6. The van der Waals surface area contributed by atoms with Crippen LogP contribution < -0.4 is 10.2 Å². The molecule has 0 heterocycles. The number of carbonyl (C=O) groups excluding carboxylic acids is 2. The number of rotatable bonds is 60. The Hall–Kier alpha value is -2.55. The van der Waals surface area contributed by atoms with Crippen LogP contribution in [0.2, 0.25) is 0 Å². The molecule has 0 saturated heterocycles. The van der Waals surface area contributed by atoms with Crippen LogP contribution in [0.1, 0.15) is 303 Å². The molecule has 0 aromatic heterocycles. The van der Waals surface area contributed by atoms with E-state index in [9.17, 15) is 19.0 Å². The van der Waals surface area contributed by atoms with Crippen LogP contribution in [0.5, 0.6) is 0 Å². The Bertz CT molecular complexity index is 1580. The van der Waals surface area contributed by atoms with Crippen molar-refractivity contribution in [1.29, 1.82) is 0 Å². The van der Waals surface area contributed by atoms with E-state index in [0.29, 0.717) is 23.9 Å². The Labute approximate surface area is 489 Å². The zero-order valence-corrected chi connectivity index (χ0v) is 53.5. The monoisotopic (exact) mass is 1130 g/mol. The van der Waals surface area contributed by atoms with Crippen molar-refractivity contribution in [2.75, 3.05) is 40.9 Å². The first-order chi connectivity index (χ1) is 38.4. The summed E-state index contributed by atoms with van der Waals surface area (Å²) in [6.07, 6.45) is 75.9. The predicted octanol–water partition coefficient (Wildman–Crippen LogP) is 20.2. The van der Waals surface area contributed by atoms with Gasteiger partial charge >= 0.3 is 5.97 Å². The van der Waals surface area contributed by atoms with Gasteiger partial charge in [-0.25, -0.2) is 0 Å². The minimum Gasteiger partial charge on any atom is -0.756 e. The van der Waals surface area contributed by atoms with Gasteiger partial charge in [-0.05, 0) is 102 Å². The zero-order chi connectivity index (χ0) is 57.9. The molecule has 0 fully saturated rings. The summed E-state index contributed by atoms with van der Waals surface area (Å²) in [4.78, 5) is 40.0. The molecule has 1 N–H and O–H groups in total. The lowest BCUT2D eigenvalue weighted by molar-refractivity contribution is -0.870. The average molecular weight is 1130 g/mol. The van der Waals surface area contributed by atoms with Crippen LogP contribution in [0.15, 0.2) is 72.9 Å². The topological polar surface area (TPSA) is 114 Å². The van der Waals surface area contributed by atoms with Crippen molar-refractivity contribution in [3.05, 3.63) is 72.9 Å². The number of hydrogen-bond acceptors (Lipinski definition) is 7. The van der Waals surface area contributed by atoms with Crippen LogP contribution in [0, 0.1) is 0 Å². The van der Waals surface area contributed by atoms with Gasteiger partial charge < -0.3 is 28.5 Å². The Morgan fingerprint density at radius 2 is 0.772 bits per heavy atom. The first kappa shape index (κ1) is 76.5. The second-order valence-electron chi connectivity index (χ2n) is 23.6. The average Bonchev–Trinajstić information content (AvgIpc) is 3.41. The number of phosphoric ester groups is 1. The molecule has 0 aromatic carbocycles. The summed E-state index contributed by atoms with van der Waals surface area (Å²) in [5.74, 6) is -0.558. The standard InChI is InChI=1S/C69H127N2O7P/c1-7-10-13-16-19-22-25-28-30-31-32-33-34-35-36-37-38-39-40-41-42-43-46-49-52-55-58-61-68(72)70-66(65-77-79(74,75)76-64-63-71(4,5)6)67(60-57-54-51-48-45-27-24-21-18-15-12-9-3)78-69(73)62-59-56-53-50-47-44-29-26-23-20-17-14-11-8-2/h19,22,28,30,32-33,35-36,44,47,57,60,66-67H,7-18,20-21,23-27,29,31,34,37-43,45-46,48-56,58-59,61-65H2,1-6H3,(H-,70,72,74,75)/b22-19-,30-28-,33-32-,36-35-,47-44-,60-57-. The highest BCUT2D eigenvalue weighted by atomic mass is 31.2. The molecule has 0 rings (SSSR count). The number of allylic oxidation sites excluding steroid dienone is 11. The summed E-state index contributed by atoms with van der Waals surface area (Å²) in [7, 11) is 1.18. The number of esters is 1. The summed E-state index contributed by atoms with van der Waals surface area (Å²) in [6, 6.07) is -0.898. The van der Waals surface area contributed by atoms with Crippen molar-refractivity contribution < 1.29 is 37.3 Å². The maximum absolute atomic E-state index is 13.6. The zero-order valence-electron chi connectivity index (χ0n) is 52.6. The second kappa shape index (κ2) is 58.6. The highest BCUT2D eigenvalue weighted by Crippen LogP contribution is 2.38. The Morgan fingerprint density at radius 3 is 1.20 bits per heavy atom. The van der Waals surface area contributed by atoms with Gasteiger partial charge in [-0.1, -0.05) is 261 Å². The molecular formula is C69H127N2O7P. The molecule has 3 unspecified atom stereocenters. The highest BCUT2D eigenvalue weighted by molar-refractivity contribution is 7.45. The Kier molecular flexibility index (Phi) is 56.7. The molecule has 460 valence electrons. The summed E-state index contributed by atoms with van der Waals surface area (Å²) >= 11 is 0. The van der Waals surface area contributed by atoms with Crippen LogP contribution in [0.25, 0.3) is 0 Å². The van der Waals surface area contributed by atoms with Crippen LogP contribution in [-0.4, -0.2) is 69.4 Å². The first-order valence-electron chi connectivity index (χ1n) is 33.2. The van der Waals surface area contributed by atoms with E-state index in [0.717, 1.165) is 89.9 Å². The van der Waals surface area contributed by atoms with E-state index >= 15 is 0 Å². The molecule has 79 heavy (non-hydrogen) atoms. The molecule has 0 spiro atoms. The van der Waals surface area contributed by atoms with E-state index in [1.54, 1.807) is 0 Å². The van der Waals surface area contributed by atoms with Crippen molar-refractivity contribution in [2.24, 2.45) is 0 Å². The highest BCUT2D eigenvalue weighted by Gasteiger charge is 2.27. The lowest BCUT2D eigenvalue weighted by Gasteiger charge is -2.30. The number of phosphoric acid groups is 1. The molecular weight excluding hydrogens is 1000 g/mol.